The molecule has 28 heavy (non-hydrogen) atoms. The zero-order valence-electron chi connectivity index (χ0n) is 17.0. The van der Waals surface area contributed by atoms with E-state index in [-0.39, 0.29) is 5.91 Å². The molecule has 0 aromatic heterocycles. The summed E-state index contributed by atoms with van der Waals surface area (Å²) in [7, 11) is 2.17. The van der Waals surface area contributed by atoms with Crippen molar-refractivity contribution in [2.45, 2.75) is 25.7 Å². The summed E-state index contributed by atoms with van der Waals surface area (Å²) < 4.78 is 3.24. The van der Waals surface area contributed by atoms with Crippen molar-refractivity contribution in [2.75, 3.05) is 44.2 Å². The number of carbonyl (C=O) groups is 1. The summed E-state index contributed by atoms with van der Waals surface area (Å²) in [5.41, 5.74) is 4.15. The molecule has 4 nitrogen and oxygen atoms in total. The summed E-state index contributed by atoms with van der Waals surface area (Å²) in [5, 5.41) is 0. The van der Waals surface area contributed by atoms with E-state index < -0.39 is 0 Å². The van der Waals surface area contributed by atoms with Crippen LogP contribution in [0.3, 0.4) is 0 Å². The summed E-state index contributed by atoms with van der Waals surface area (Å²) in [6.45, 7) is 4.42. The number of nitrogens with one attached hydrogen (secondary N) is 1. The van der Waals surface area contributed by atoms with E-state index >= 15 is 0 Å². The van der Waals surface area contributed by atoms with Gasteiger partial charge in [0.1, 0.15) is 0 Å². The topological polar surface area (TPSA) is 35.6 Å². The lowest BCUT2D eigenvalue weighted by atomic mass is 10.0. The fourth-order valence-corrected chi connectivity index (χ4v) is 4.03. The van der Waals surface area contributed by atoms with Gasteiger partial charge in [-0.25, -0.2) is 0 Å². The molecule has 0 unspecified atom stereocenters. The van der Waals surface area contributed by atoms with Gasteiger partial charge in [0, 0.05) is 30.6 Å². The highest BCUT2D eigenvalue weighted by Gasteiger charge is 2.19. The molecule has 2 saturated heterocycles. The maximum Gasteiger partial charge on any atom is 0.253 e. The molecule has 1 amide bonds. The molecule has 0 aliphatic carbocycles. The fraction of sp³-hybridized carbons (Fsp3) is 0.435. The molecule has 2 aliphatic rings. The molecule has 150 valence electrons. The molecule has 2 heterocycles. The molecule has 0 atom stereocenters. The SMILES string of the molecule is CN1CCCC1.CSNc1cccc(-c2ccc(C(=O)N3CCCC3)cc2)c1. The maximum absolute atomic E-state index is 12.3. The third-order valence-corrected chi connectivity index (χ3v) is 5.71. The van der Waals surface area contributed by atoms with Crippen LogP contribution in [-0.2, 0) is 0 Å². The Labute approximate surface area is 173 Å². The van der Waals surface area contributed by atoms with Crippen molar-refractivity contribution in [3.05, 3.63) is 54.1 Å². The van der Waals surface area contributed by atoms with Gasteiger partial charge in [0.2, 0.25) is 0 Å². The second-order valence-electron chi connectivity index (χ2n) is 7.47. The van der Waals surface area contributed by atoms with E-state index in [1.165, 1.54) is 25.9 Å². The second kappa shape index (κ2) is 10.5. The van der Waals surface area contributed by atoms with Crippen molar-refractivity contribution in [3.63, 3.8) is 0 Å². The fourth-order valence-electron chi connectivity index (χ4n) is 3.66. The number of anilines is 1. The largest absolute Gasteiger partial charge is 0.339 e. The van der Waals surface area contributed by atoms with Gasteiger partial charge in [0.05, 0.1) is 0 Å². The van der Waals surface area contributed by atoms with E-state index in [2.05, 4.69) is 28.8 Å². The Kier molecular flexibility index (Phi) is 7.80. The minimum Gasteiger partial charge on any atom is -0.339 e. The summed E-state index contributed by atoms with van der Waals surface area (Å²) >= 11 is 1.58. The van der Waals surface area contributed by atoms with E-state index in [4.69, 9.17) is 0 Å². The first-order valence-electron chi connectivity index (χ1n) is 10.1. The Hall–Kier alpha value is -1.98. The van der Waals surface area contributed by atoms with Crippen LogP contribution in [0.4, 0.5) is 5.69 Å². The van der Waals surface area contributed by atoms with Gasteiger partial charge in [0.25, 0.3) is 5.91 Å². The van der Waals surface area contributed by atoms with Gasteiger partial charge in [-0.2, -0.15) is 0 Å². The van der Waals surface area contributed by atoms with Crippen LogP contribution in [-0.4, -0.2) is 55.2 Å². The maximum atomic E-state index is 12.3. The number of carbonyl (C=O) groups excluding carboxylic acids is 1. The summed E-state index contributed by atoms with van der Waals surface area (Å²) in [6.07, 6.45) is 7.08. The number of hydrogen-bond acceptors (Lipinski definition) is 4. The van der Waals surface area contributed by atoms with Crippen LogP contribution in [0.5, 0.6) is 0 Å². The molecule has 1 N–H and O–H groups in total. The van der Waals surface area contributed by atoms with E-state index in [1.807, 2.05) is 47.6 Å². The van der Waals surface area contributed by atoms with Crippen molar-refractivity contribution < 1.29 is 4.79 Å². The van der Waals surface area contributed by atoms with E-state index in [1.54, 1.807) is 11.9 Å². The lowest BCUT2D eigenvalue weighted by Crippen LogP contribution is -2.27. The van der Waals surface area contributed by atoms with Crippen molar-refractivity contribution in [2.24, 2.45) is 0 Å². The Bertz CT molecular complexity index is 751. The van der Waals surface area contributed by atoms with Gasteiger partial charge >= 0.3 is 0 Å². The first-order valence-corrected chi connectivity index (χ1v) is 11.4. The molecule has 5 heteroatoms. The molecule has 2 aromatic rings. The molecular weight excluding hydrogens is 366 g/mol. The van der Waals surface area contributed by atoms with E-state index in [0.29, 0.717) is 0 Å². The molecule has 4 rings (SSSR count). The number of nitrogens with zero attached hydrogens (tertiary/aromatic N) is 2. The van der Waals surface area contributed by atoms with Gasteiger partial charge in [0.15, 0.2) is 0 Å². The van der Waals surface area contributed by atoms with Crippen molar-refractivity contribution >= 4 is 23.5 Å². The molecule has 0 spiro atoms. The average molecular weight is 398 g/mol. The Morgan fingerprint density at radius 1 is 0.893 bits per heavy atom. The molecule has 0 radical (unpaired) electrons. The molecular formula is C23H31N3OS. The molecule has 2 fully saturated rings. The molecule has 0 bridgehead atoms. The standard InChI is InChI=1S/C18H20N2OS.C5H11N/c1-22-19-17-6-4-5-16(13-17)14-7-9-15(10-8-14)18(21)20-11-2-3-12-20;1-6-4-2-3-5-6/h4-10,13,19H,2-3,11-12H2,1H3;2-5H2,1H3. The van der Waals surface area contributed by atoms with Gasteiger partial charge in [-0.3, -0.25) is 4.79 Å². The zero-order chi connectivity index (χ0) is 19.8. The first-order chi connectivity index (χ1) is 13.7. The van der Waals surface area contributed by atoms with Gasteiger partial charge in [-0.15, -0.1) is 0 Å². The average Bonchev–Trinajstić information content (AvgIpc) is 3.43. The van der Waals surface area contributed by atoms with Crippen LogP contribution in [0.25, 0.3) is 11.1 Å². The quantitative estimate of drug-likeness (QED) is 0.737. The first kappa shape index (κ1) is 20.7. The third-order valence-electron chi connectivity index (χ3n) is 5.27. The molecule has 2 aromatic carbocycles. The second-order valence-corrected chi connectivity index (χ2v) is 8.09. The van der Waals surface area contributed by atoms with Gasteiger partial charge in [-0.05, 0) is 81.2 Å². The van der Waals surface area contributed by atoms with Crippen molar-refractivity contribution in [1.29, 1.82) is 0 Å². The summed E-state index contributed by atoms with van der Waals surface area (Å²) in [6, 6.07) is 16.2. The van der Waals surface area contributed by atoms with Crippen LogP contribution < -0.4 is 4.72 Å². The van der Waals surface area contributed by atoms with Gasteiger partial charge in [-0.1, -0.05) is 36.2 Å². The lowest BCUT2D eigenvalue weighted by molar-refractivity contribution is 0.0793. The normalized spacial score (nSPS) is 16.6. The third kappa shape index (κ3) is 5.76. The van der Waals surface area contributed by atoms with Crippen LogP contribution in [0.1, 0.15) is 36.0 Å². The Morgan fingerprint density at radius 2 is 1.54 bits per heavy atom. The smallest absolute Gasteiger partial charge is 0.253 e. The monoisotopic (exact) mass is 397 g/mol. The summed E-state index contributed by atoms with van der Waals surface area (Å²) in [4.78, 5) is 16.7. The molecule has 0 saturated carbocycles. The van der Waals surface area contributed by atoms with Crippen LogP contribution >= 0.6 is 11.9 Å². The number of likely N-dealkylation sites (tertiary alicyclic amines) is 2. The predicted molar refractivity (Wildman–Crippen MR) is 121 cm³/mol. The number of amides is 1. The van der Waals surface area contributed by atoms with Crippen LogP contribution in [0.15, 0.2) is 48.5 Å². The highest BCUT2D eigenvalue weighted by Crippen LogP contribution is 2.24. The predicted octanol–water partition coefficient (Wildman–Crippen LogP) is 4.99. The Balaban J connectivity index is 0.000000320. The number of rotatable bonds is 4. The highest BCUT2D eigenvalue weighted by atomic mass is 32.2. The lowest BCUT2D eigenvalue weighted by Gasteiger charge is -2.15. The van der Waals surface area contributed by atoms with E-state index in [9.17, 15) is 4.79 Å². The van der Waals surface area contributed by atoms with Crippen molar-refractivity contribution in [3.8, 4) is 11.1 Å². The highest BCUT2D eigenvalue weighted by molar-refractivity contribution is 7.99. The minimum absolute atomic E-state index is 0.154. The number of hydrogen-bond donors (Lipinski definition) is 1. The van der Waals surface area contributed by atoms with Crippen molar-refractivity contribution in [1.82, 2.24) is 9.80 Å². The van der Waals surface area contributed by atoms with E-state index in [0.717, 1.165) is 48.3 Å². The van der Waals surface area contributed by atoms with Gasteiger partial charge < -0.3 is 14.5 Å². The van der Waals surface area contributed by atoms with Crippen LogP contribution in [0.2, 0.25) is 0 Å². The van der Waals surface area contributed by atoms with Crippen LogP contribution in [0, 0.1) is 0 Å². The summed E-state index contributed by atoms with van der Waals surface area (Å²) in [5.74, 6) is 0.154. The number of benzene rings is 2. The minimum atomic E-state index is 0.154. The zero-order valence-corrected chi connectivity index (χ0v) is 17.8. The Morgan fingerprint density at radius 3 is 2.11 bits per heavy atom. The molecule has 2 aliphatic heterocycles.